The zero-order chi connectivity index (χ0) is 17.8. The standard InChI is InChI=1S/C14H15Cl2NO6/c1-4-22-12(18)14(3,13(19)23-5-2)8-6-10(16)11(17(20)21)7-9(8)15/h6-7H,4-5H2,1-3H3. The third kappa shape index (κ3) is 3.73. The van der Waals surface area contributed by atoms with Crippen molar-refractivity contribution in [2.75, 3.05) is 13.2 Å². The maximum Gasteiger partial charge on any atom is 0.327 e. The Kier molecular flexibility index (Phi) is 6.35. The van der Waals surface area contributed by atoms with Gasteiger partial charge in [0.2, 0.25) is 0 Å². The lowest BCUT2D eigenvalue weighted by Crippen LogP contribution is -2.43. The Morgan fingerprint density at radius 1 is 1.13 bits per heavy atom. The molecule has 0 unspecified atom stereocenters. The molecule has 1 rings (SSSR count). The SMILES string of the molecule is CCOC(=O)C(C)(C(=O)OCC)c1cc(Cl)c([N+](=O)[O-])cc1Cl. The number of benzene rings is 1. The summed E-state index contributed by atoms with van der Waals surface area (Å²) in [5.41, 5.74) is -2.34. The molecule has 7 nitrogen and oxygen atoms in total. The quantitative estimate of drug-likeness (QED) is 0.333. The van der Waals surface area contributed by atoms with Crippen LogP contribution in [-0.4, -0.2) is 30.1 Å². The van der Waals surface area contributed by atoms with Crippen molar-refractivity contribution >= 4 is 40.8 Å². The lowest BCUT2D eigenvalue weighted by atomic mass is 9.82. The second-order valence-corrected chi connectivity index (χ2v) is 5.42. The van der Waals surface area contributed by atoms with Gasteiger partial charge in [-0.3, -0.25) is 19.7 Å². The molecule has 0 saturated carbocycles. The summed E-state index contributed by atoms with van der Waals surface area (Å²) in [5.74, 6) is -1.77. The fourth-order valence-corrected chi connectivity index (χ4v) is 2.49. The summed E-state index contributed by atoms with van der Waals surface area (Å²) < 4.78 is 9.85. The van der Waals surface area contributed by atoms with E-state index in [0.29, 0.717) is 0 Å². The number of carbonyl (C=O) groups is 2. The first-order valence-corrected chi connectivity index (χ1v) is 7.44. The first kappa shape index (κ1) is 19.2. The van der Waals surface area contributed by atoms with Crippen molar-refractivity contribution in [3.05, 3.63) is 37.9 Å². The molecule has 0 amide bonds. The molecule has 0 aromatic heterocycles. The smallest absolute Gasteiger partial charge is 0.327 e. The Balaban J connectivity index is 3.55. The largest absolute Gasteiger partial charge is 0.465 e. The van der Waals surface area contributed by atoms with Crippen molar-refractivity contribution in [2.24, 2.45) is 0 Å². The van der Waals surface area contributed by atoms with Crippen LogP contribution in [0.3, 0.4) is 0 Å². The van der Waals surface area contributed by atoms with Crippen LogP contribution in [0, 0.1) is 10.1 Å². The Labute approximate surface area is 142 Å². The number of esters is 2. The normalized spacial score (nSPS) is 11.0. The van der Waals surface area contributed by atoms with Crippen molar-refractivity contribution in [3.63, 3.8) is 0 Å². The van der Waals surface area contributed by atoms with E-state index in [1.54, 1.807) is 13.8 Å². The molecule has 0 heterocycles. The molecule has 0 fully saturated rings. The Morgan fingerprint density at radius 3 is 2.00 bits per heavy atom. The maximum atomic E-state index is 12.3. The van der Waals surface area contributed by atoms with E-state index in [4.69, 9.17) is 32.7 Å². The summed E-state index contributed by atoms with van der Waals surface area (Å²) in [6, 6.07) is 2.09. The third-order valence-corrected chi connectivity index (χ3v) is 3.75. The lowest BCUT2D eigenvalue weighted by Gasteiger charge is -2.26. The van der Waals surface area contributed by atoms with Crippen molar-refractivity contribution in [2.45, 2.75) is 26.2 Å². The first-order chi connectivity index (χ1) is 10.7. The predicted molar refractivity (Wildman–Crippen MR) is 83.7 cm³/mol. The lowest BCUT2D eigenvalue weighted by molar-refractivity contribution is -0.384. The fourth-order valence-electron chi connectivity index (χ4n) is 1.91. The highest BCUT2D eigenvalue weighted by Gasteiger charge is 2.48. The van der Waals surface area contributed by atoms with Crippen LogP contribution in [0.4, 0.5) is 5.69 Å². The zero-order valence-electron chi connectivity index (χ0n) is 12.7. The molecule has 23 heavy (non-hydrogen) atoms. The number of ether oxygens (including phenoxy) is 2. The van der Waals surface area contributed by atoms with Crippen LogP contribution < -0.4 is 0 Å². The van der Waals surface area contributed by atoms with Crippen LogP contribution in [0.1, 0.15) is 26.3 Å². The van der Waals surface area contributed by atoms with Gasteiger partial charge < -0.3 is 9.47 Å². The molecule has 1 aromatic rings. The molecular weight excluding hydrogens is 349 g/mol. The molecule has 0 aliphatic heterocycles. The topological polar surface area (TPSA) is 95.7 Å². The van der Waals surface area contributed by atoms with Gasteiger partial charge >= 0.3 is 11.9 Å². The van der Waals surface area contributed by atoms with Gasteiger partial charge in [-0.05, 0) is 26.8 Å². The van der Waals surface area contributed by atoms with Crippen LogP contribution in [-0.2, 0) is 24.5 Å². The average molecular weight is 364 g/mol. The summed E-state index contributed by atoms with van der Waals surface area (Å²) in [6.07, 6.45) is 0. The molecule has 1 aromatic carbocycles. The number of nitro benzene ring substituents is 1. The molecule has 0 aliphatic carbocycles. The molecule has 0 saturated heterocycles. The number of hydrogen-bond donors (Lipinski definition) is 0. The molecule has 0 radical (unpaired) electrons. The van der Waals surface area contributed by atoms with Gasteiger partial charge in [0.1, 0.15) is 5.02 Å². The highest BCUT2D eigenvalue weighted by atomic mass is 35.5. The monoisotopic (exact) mass is 363 g/mol. The zero-order valence-corrected chi connectivity index (χ0v) is 14.2. The van der Waals surface area contributed by atoms with Crippen molar-refractivity contribution in [1.82, 2.24) is 0 Å². The van der Waals surface area contributed by atoms with E-state index in [-0.39, 0.29) is 28.8 Å². The fraction of sp³-hybridized carbons (Fsp3) is 0.429. The summed E-state index contributed by atoms with van der Waals surface area (Å²) >= 11 is 11.9. The minimum absolute atomic E-state index is 0.0216. The van der Waals surface area contributed by atoms with Crippen LogP contribution in [0.2, 0.25) is 10.0 Å². The molecular formula is C14H15Cl2NO6. The molecule has 0 aliphatic rings. The molecule has 126 valence electrons. The van der Waals surface area contributed by atoms with Crippen LogP contribution >= 0.6 is 23.2 Å². The predicted octanol–water partition coefficient (Wildman–Crippen LogP) is 3.29. The summed E-state index contributed by atoms with van der Waals surface area (Å²) in [6.45, 7) is 4.49. The van der Waals surface area contributed by atoms with Gasteiger partial charge in [0.05, 0.1) is 23.2 Å². The Bertz CT molecular complexity index is 628. The van der Waals surface area contributed by atoms with E-state index in [1.165, 1.54) is 6.92 Å². The minimum Gasteiger partial charge on any atom is -0.465 e. The number of carbonyl (C=O) groups excluding carboxylic acids is 2. The highest BCUT2D eigenvalue weighted by molar-refractivity contribution is 6.36. The van der Waals surface area contributed by atoms with Crippen molar-refractivity contribution in [3.8, 4) is 0 Å². The van der Waals surface area contributed by atoms with Crippen LogP contribution in [0.5, 0.6) is 0 Å². The molecule has 0 spiro atoms. The number of rotatable bonds is 6. The Morgan fingerprint density at radius 2 is 1.61 bits per heavy atom. The van der Waals surface area contributed by atoms with Crippen molar-refractivity contribution in [1.29, 1.82) is 0 Å². The van der Waals surface area contributed by atoms with Gasteiger partial charge in [-0.1, -0.05) is 23.2 Å². The molecule has 0 N–H and O–H groups in total. The molecule has 0 bridgehead atoms. The van der Waals surface area contributed by atoms with Gasteiger partial charge in [0, 0.05) is 11.6 Å². The van der Waals surface area contributed by atoms with E-state index >= 15 is 0 Å². The van der Waals surface area contributed by atoms with E-state index in [9.17, 15) is 19.7 Å². The Hall–Kier alpha value is -1.86. The number of hydrogen-bond acceptors (Lipinski definition) is 6. The minimum atomic E-state index is -1.89. The van der Waals surface area contributed by atoms with E-state index in [0.717, 1.165) is 12.1 Å². The van der Waals surface area contributed by atoms with E-state index < -0.39 is 28.0 Å². The average Bonchev–Trinajstić information content (AvgIpc) is 2.48. The number of nitro groups is 1. The van der Waals surface area contributed by atoms with Gasteiger partial charge in [-0.2, -0.15) is 0 Å². The van der Waals surface area contributed by atoms with Crippen LogP contribution in [0.15, 0.2) is 12.1 Å². The summed E-state index contributed by atoms with van der Waals surface area (Å²) in [7, 11) is 0. The number of halogens is 2. The summed E-state index contributed by atoms with van der Waals surface area (Å²) in [5, 5.41) is 10.5. The van der Waals surface area contributed by atoms with Gasteiger partial charge in [-0.15, -0.1) is 0 Å². The van der Waals surface area contributed by atoms with E-state index in [1.807, 2.05) is 0 Å². The maximum absolute atomic E-state index is 12.3. The van der Waals surface area contributed by atoms with Gasteiger partial charge in [0.15, 0.2) is 5.41 Å². The van der Waals surface area contributed by atoms with E-state index in [2.05, 4.69) is 0 Å². The molecule has 0 atom stereocenters. The first-order valence-electron chi connectivity index (χ1n) is 6.68. The van der Waals surface area contributed by atoms with Crippen molar-refractivity contribution < 1.29 is 24.0 Å². The van der Waals surface area contributed by atoms with Crippen LogP contribution in [0.25, 0.3) is 0 Å². The third-order valence-electron chi connectivity index (χ3n) is 3.14. The summed E-state index contributed by atoms with van der Waals surface area (Å²) in [4.78, 5) is 34.8. The second-order valence-electron chi connectivity index (χ2n) is 4.61. The van der Waals surface area contributed by atoms with Gasteiger partial charge in [-0.25, -0.2) is 0 Å². The molecule has 9 heteroatoms. The van der Waals surface area contributed by atoms with Gasteiger partial charge in [0.25, 0.3) is 5.69 Å². The second kappa shape index (κ2) is 7.61. The highest BCUT2D eigenvalue weighted by Crippen LogP contribution is 2.38. The number of nitrogens with zero attached hydrogens (tertiary/aromatic N) is 1.